The molecule has 0 amide bonds. The van der Waals surface area contributed by atoms with Crippen LogP contribution in [-0.2, 0) is 4.74 Å². The largest absolute Gasteiger partial charge is 0.481 e. The van der Waals surface area contributed by atoms with Crippen LogP contribution in [0, 0.1) is 0 Å². The number of nitrogen functional groups attached to an aromatic ring is 1. The van der Waals surface area contributed by atoms with Gasteiger partial charge in [-0.2, -0.15) is 4.98 Å². The minimum absolute atomic E-state index is 0.436. The minimum atomic E-state index is 0.436. The standard InChI is InChI=1S/C12H19N3O2/c1-15(9-5-7-17-8-6-9)12-10(13)3-4-11(14-12)16-2/h3-4,9H,5-8,13H2,1-2H3. The van der Waals surface area contributed by atoms with Crippen molar-refractivity contribution in [2.45, 2.75) is 18.9 Å². The van der Waals surface area contributed by atoms with E-state index in [1.807, 2.05) is 13.1 Å². The topological polar surface area (TPSA) is 60.6 Å². The molecule has 0 bridgehead atoms. The molecule has 5 heteroatoms. The van der Waals surface area contributed by atoms with E-state index in [4.69, 9.17) is 15.2 Å². The first kappa shape index (κ1) is 12.0. The second-order valence-electron chi connectivity index (χ2n) is 4.22. The SMILES string of the molecule is COc1ccc(N)c(N(C)C2CCOCC2)n1. The maximum atomic E-state index is 5.96. The third-order valence-corrected chi connectivity index (χ3v) is 3.16. The van der Waals surface area contributed by atoms with E-state index in [1.165, 1.54) is 0 Å². The molecule has 0 saturated carbocycles. The van der Waals surface area contributed by atoms with E-state index in [9.17, 15) is 0 Å². The van der Waals surface area contributed by atoms with Gasteiger partial charge in [-0.1, -0.05) is 0 Å². The van der Waals surface area contributed by atoms with E-state index in [0.29, 0.717) is 17.6 Å². The maximum Gasteiger partial charge on any atom is 0.215 e. The molecule has 1 aliphatic rings. The van der Waals surface area contributed by atoms with Crippen molar-refractivity contribution in [3.8, 4) is 5.88 Å². The van der Waals surface area contributed by atoms with Crippen LogP contribution < -0.4 is 15.4 Å². The molecule has 1 aromatic heterocycles. The smallest absolute Gasteiger partial charge is 0.215 e. The highest BCUT2D eigenvalue weighted by Crippen LogP contribution is 2.26. The summed E-state index contributed by atoms with van der Waals surface area (Å²) in [5.74, 6) is 1.38. The average molecular weight is 237 g/mol. The lowest BCUT2D eigenvalue weighted by Crippen LogP contribution is -2.37. The Bertz CT molecular complexity index is 378. The molecule has 2 heterocycles. The summed E-state index contributed by atoms with van der Waals surface area (Å²) >= 11 is 0. The zero-order chi connectivity index (χ0) is 12.3. The molecule has 1 aliphatic heterocycles. The number of anilines is 2. The van der Waals surface area contributed by atoms with E-state index >= 15 is 0 Å². The van der Waals surface area contributed by atoms with Crippen LogP contribution in [0.1, 0.15) is 12.8 Å². The Kier molecular flexibility index (Phi) is 3.68. The van der Waals surface area contributed by atoms with Gasteiger partial charge in [0, 0.05) is 32.4 Å². The van der Waals surface area contributed by atoms with Gasteiger partial charge in [-0.25, -0.2) is 0 Å². The molecular weight excluding hydrogens is 218 g/mol. The fraction of sp³-hybridized carbons (Fsp3) is 0.583. The molecule has 0 aromatic carbocycles. The summed E-state index contributed by atoms with van der Waals surface area (Å²) in [6.07, 6.45) is 2.02. The number of rotatable bonds is 3. The second kappa shape index (κ2) is 5.23. The molecule has 1 saturated heterocycles. The van der Waals surface area contributed by atoms with Crippen LogP contribution in [0.3, 0.4) is 0 Å². The van der Waals surface area contributed by atoms with Gasteiger partial charge in [-0.3, -0.25) is 0 Å². The zero-order valence-electron chi connectivity index (χ0n) is 10.3. The first-order valence-corrected chi connectivity index (χ1v) is 5.83. The second-order valence-corrected chi connectivity index (χ2v) is 4.22. The van der Waals surface area contributed by atoms with Gasteiger partial charge >= 0.3 is 0 Å². The van der Waals surface area contributed by atoms with Crippen molar-refractivity contribution < 1.29 is 9.47 Å². The highest BCUT2D eigenvalue weighted by Gasteiger charge is 2.21. The predicted molar refractivity (Wildman–Crippen MR) is 67.4 cm³/mol. The van der Waals surface area contributed by atoms with Crippen LogP contribution in [0.25, 0.3) is 0 Å². The van der Waals surface area contributed by atoms with Crippen molar-refractivity contribution in [2.24, 2.45) is 0 Å². The Balaban J connectivity index is 2.19. The van der Waals surface area contributed by atoms with Crippen LogP contribution in [0.5, 0.6) is 5.88 Å². The van der Waals surface area contributed by atoms with Crippen LogP contribution >= 0.6 is 0 Å². The lowest BCUT2D eigenvalue weighted by atomic mass is 10.1. The number of aromatic nitrogens is 1. The minimum Gasteiger partial charge on any atom is -0.481 e. The third kappa shape index (κ3) is 2.61. The highest BCUT2D eigenvalue weighted by molar-refractivity contribution is 5.63. The van der Waals surface area contributed by atoms with Gasteiger partial charge in [0.1, 0.15) is 0 Å². The van der Waals surface area contributed by atoms with Crippen molar-refractivity contribution in [3.05, 3.63) is 12.1 Å². The molecule has 0 radical (unpaired) electrons. The van der Waals surface area contributed by atoms with E-state index in [1.54, 1.807) is 13.2 Å². The number of methoxy groups -OCH3 is 1. The fourth-order valence-corrected chi connectivity index (χ4v) is 2.08. The lowest BCUT2D eigenvalue weighted by molar-refractivity contribution is 0.0853. The van der Waals surface area contributed by atoms with Crippen LogP contribution in [-0.4, -0.2) is 38.4 Å². The summed E-state index contributed by atoms with van der Waals surface area (Å²) in [6.45, 7) is 1.61. The summed E-state index contributed by atoms with van der Waals surface area (Å²) in [6, 6.07) is 4.04. The van der Waals surface area contributed by atoms with Gasteiger partial charge in [-0.15, -0.1) is 0 Å². The molecule has 1 fully saturated rings. The lowest BCUT2D eigenvalue weighted by Gasteiger charge is -2.32. The highest BCUT2D eigenvalue weighted by atomic mass is 16.5. The monoisotopic (exact) mass is 237 g/mol. The maximum absolute atomic E-state index is 5.96. The summed E-state index contributed by atoms with van der Waals surface area (Å²) < 4.78 is 10.5. The Morgan fingerprint density at radius 1 is 1.41 bits per heavy atom. The van der Waals surface area contributed by atoms with Crippen molar-refractivity contribution in [1.82, 2.24) is 4.98 Å². The third-order valence-electron chi connectivity index (χ3n) is 3.16. The number of hydrogen-bond acceptors (Lipinski definition) is 5. The first-order chi connectivity index (χ1) is 8.22. The van der Waals surface area contributed by atoms with E-state index < -0.39 is 0 Å². The number of nitrogens with two attached hydrogens (primary N) is 1. The fourth-order valence-electron chi connectivity index (χ4n) is 2.08. The van der Waals surface area contributed by atoms with Gasteiger partial charge in [0.05, 0.1) is 12.8 Å². The van der Waals surface area contributed by atoms with Crippen molar-refractivity contribution >= 4 is 11.5 Å². The number of hydrogen-bond donors (Lipinski definition) is 1. The Morgan fingerprint density at radius 2 is 2.12 bits per heavy atom. The molecule has 0 unspecified atom stereocenters. The van der Waals surface area contributed by atoms with Gasteiger partial charge < -0.3 is 20.1 Å². The quantitative estimate of drug-likeness (QED) is 0.858. The molecule has 0 atom stereocenters. The zero-order valence-corrected chi connectivity index (χ0v) is 10.3. The van der Waals surface area contributed by atoms with Gasteiger partial charge in [0.15, 0.2) is 5.82 Å². The molecule has 17 heavy (non-hydrogen) atoms. The summed E-state index contributed by atoms with van der Waals surface area (Å²) in [5, 5.41) is 0. The molecular formula is C12H19N3O2. The number of nitrogens with zero attached hydrogens (tertiary/aromatic N) is 2. The molecule has 1 aromatic rings. The van der Waals surface area contributed by atoms with Gasteiger partial charge in [0.25, 0.3) is 0 Å². The predicted octanol–water partition coefficient (Wildman–Crippen LogP) is 1.29. The molecule has 5 nitrogen and oxygen atoms in total. The first-order valence-electron chi connectivity index (χ1n) is 5.83. The Morgan fingerprint density at radius 3 is 2.76 bits per heavy atom. The molecule has 2 N–H and O–H groups in total. The molecule has 0 aliphatic carbocycles. The number of ether oxygens (including phenoxy) is 2. The van der Waals surface area contributed by atoms with Gasteiger partial charge in [-0.05, 0) is 18.9 Å². The van der Waals surface area contributed by atoms with Crippen molar-refractivity contribution in [1.29, 1.82) is 0 Å². The Hall–Kier alpha value is -1.49. The van der Waals surface area contributed by atoms with Crippen LogP contribution in [0.4, 0.5) is 11.5 Å². The normalized spacial score (nSPS) is 16.8. The van der Waals surface area contributed by atoms with E-state index in [0.717, 1.165) is 31.9 Å². The van der Waals surface area contributed by atoms with Crippen molar-refractivity contribution in [3.63, 3.8) is 0 Å². The summed E-state index contributed by atoms with van der Waals surface area (Å²) in [7, 11) is 3.63. The van der Waals surface area contributed by atoms with Crippen LogP contribution in [0.2, 0.25) is 0 Å². The molecule has 2 rings (SSSR count). The van der Waals surface area contributed by atoms with E-state index in [2.05, 4.69) is 9.88 Å². The van der Waals surface area contributed by atoms with Crippen molar-refractivity contribution in [2.75, 3.05) is 38.0 Å². The van der Waals surface area contributed by atoms with E-state index in [-0.39, 0.29) is 0 Å². The van der Waals surface area contributed by atoms with Gasteiger partial charge in [0.2, 0.25) is 5.88 Å². The van der Waals surface area contributed by atoms with Crippen LogP contribution in [0.15, 0.2) is 12.1 Å². The summed E-state index contributed by atoms with van der Waals surface area (Å²) in [5.41, 5.74) is 6.64. The average Bonchev–Trinajstić information content (AvgIpc) is 2.39. The molecule has 94 valence electrons. The summed E-state index contributed by atoms with van der Waals surface area (Å²) in [4.78, 5) is 6.53. The molecule has 0 spiro atoms. The Labute approximate surface area is 102 Å². The number of pyridine rings is 1.